The quantitative estimate of drug-likeness (QED) is 0.860. The molecule has 1 aromatic rings. The van der Waals surface area contributed by atoms with Crippen LogP contribution in [0.5, 0.6) is 0 Å². The minimum absolute atomic E-state index is 0.0181. The van der Waals surface area contributed by atoms with Crippen LogP contribution < -0.4 is 15.5 Å². The maximum absolute atomic E-state index is 12.1. The van der Waals surface area contributed by atoms with E-state index < -0.39 is 0 Å². The SMILES string of the molecule is O=C(CCN1C(=O)CCc2ccccc21)NCC1CCCN1. The van der Waals surface area contributed by atoms with Crippen molar-refractivity contribution in [3.63, 3.8) is 0 Å². The molecule has 1 aromatic carbocycles. The Hall–Kier alpha value is -1.88. The second kappa shape index (κ2) is 6.92. The van der Waals surface area contributed by atoms with Crippen LogP contribution in [0.1, 0.15) is 31.2 Å². The van der Waals surface area contributed by atoms with E-state index in [0.29, 0.717) is 32.0 Å². The molecule has 0 spiro atoms. The standard InChI is InChI=1S/C17H23N3O2/c21-16(19-12-14-5-3-10-18-14)9-11-20-15-6-2-1-4-13(15)7-8-17(20)22/h1-2,4,6,14,18H,3,5,7-12H2,(H,19,21). The number of benzene rings is 1. The van der Waals surface area contributed by atoms with E-state index in [1.54, 1.807) is 4.90 Å². The Morgan fingerprint density at radius 1 is 1.32 bits per heavy atom. The lowest BCUT2D eigenvalue weighted by molar-refractivity contribution is -0.121. The van der Waals surface area contributed by atoms with E-state index in [4.69, 9.17) is 0 Å². The summed E-state index contributed by atoms with van der Waals surface area (Å²) >= 11 is 0. The van der Waals surface area contributed by atoms with Gasteiger partial charge in [-0.2, -0.15) is 0 Å². The summed E-state index contributed by atoms with van der Waals surface area (Å²) in [7, 11) is 0. The number of nitrogens with one attached hydrogen (secondary N) is 2. The Bertz CT molecular complexity index is 553. The van der Waals surface area contributed by atoms with Crippen molar-refractivity contribution in [1.29, 1.82) is 0 Å². The fourth-order valence-electron chi connectivity index (χ4n) is 3.21. The molecule has 0 aliphatic carbocycles. The Balaban J connectivity index is 1.52. The van der Waals surface area contributed by atoms with Crippen molar-refractivity contribution in [2.45, 2.75) is 38.1 Å². The van der Waals surface area contributed by atoms with E-state index >= 15 is 0 Å². The predicted octanol–water partition coefficient (Wildman–Crippen LogP) is 1.22. The van der Waals surface area contributed by atoms with Gasteiger partial charge in [0.2, 0.25) is 11.8 Å². The van der Waals surface area contributed by atoms with Crippen LogP contribution in [-0.4, -0.2) is 37.5 Å². The van der Waals surface area contributed by atoms with Gasteiger partial charge in [0.1, 0.15) is 0 Å². The number of anilines is 1. The first-order valence-electron chi connectivity index (χ1n) is 8.12. The van der Waals surface area contributed by atoms with E-state index in [-0.39, 0.29) is 11.8 Å². The number of carbonyl (C=O) groups excluding carboxylic acids is 2. The molecule has 22 heavy (non-hydrogen) atoms. The number of aryl methyl sites for hydroxylation is 1. The van der Waals surface area contributed by atoms with Crippen LogP contribution in [0.3, 0.4) is 0 Å². The highest BCUT2D eigenvalue weighted by Gasteiger charge is 2.24. The lowest BCUT2D eigenvalue weighted by Gasteiger charge is -2.29. The summed E-state index contributed by atoms with van der Waals surface area (Å²) in [4.78, 5) is 25.9. The van der Waals surface area contributed by atoms with Gasteiger partial charge in [0.15, 0.2) is 0 Å². The van der Waals surface area contributed by atoms with Crippen LogP contribution in [0.2, 0.25) is 0 Å². The van der Waals surface area contributed by atoms with Gasteiger partial charge in [0.05, 0.1) is 0 Å². The first-order valence-corrected chi connectivity index (χ1v) is 8.12. The third kappa shape index (κ3) is 3.47. The van der Waals surface area contributed by atoms with Crippen LogP contribution in [0.4, 0.5) is 5.69 Å². The van der Waals surface area contributed by atoms with Gasteiger partial charge in [0, 0.05) is 37.7 Å². The molecule has 2 heterocycles. The number of fused-ring (bicyclic) bond motifs is 1. The number of hydrogen-bond acceptors (Lipinski definition) is 3. The van der Waals surface area contributed by atoms with Crippen LogP contribution in [-0.2, 0) is 16.0 Å². The van der Waals surface area contributed by atoms with Crippen LogP contribution in [0.15, 0.2) is 24.3 Å². The van der Waals surface area contributed by atoms with Crippen LogP contribution in [0.25, 0.3) is 0 Å². The first kappa shape index (κ1) is 15.0. The molecule has 0 saturated carbocycles. The highest BCUT2D eigenvalue weighted by molar-refractivity contribution is 5.96. The second-order valence-corrected chi connectivity index (χ2v) is 6.02. The minimum Gasteiger partial charge on any atom is -0.354 e. The molecule has 5 nitrogen and oxygen atoms in total. The van der Waals surface area contributed by atoms with Crippen molar-refractivity contribution in [2.24, 2.45) is 0 Å². The summed E-state index contributed by atoms with van der Waals surface area (Å²) < 4.78 is 0. The monoisotopic (exact) mass is 301 g/mol. The molecule has 1 saturated heterocycles. The Kier molecular flexibility index (Phi) is 4.73. The maximum atomic E-state index is 12.1. The molecule has 0 radical (unpaired) electrons. The number of carbonyl (C=O) groups is 2. The van der Waals surface area contributed by atoms with Gasteiger partial charge in [-0.05, 0) is 37.4 Å². The molecule has 3 rings (SSSR count). The zero-order valence-electron chi connectivity index (χ0n) is 12.8. The zero-order chi connectivity index (χ0) is 15.4. The molecular formula is C17H23N3O2. The van der Waals surface area contributed by atoms with Crippen molar-refractivity contribution in [1.82, 2.24) is 10.6 Å². The lowest BCUT2D eigenvalue weighted by Crippen LogP contribution is -2.40. The van der Waals surface area contributed by atoms with Gasteiger partial charge in [-0.1, -0.05) is 18.2 Å². The van der Waals surface area contributed by atoms with E-state index in [1.165, 1.54) is 12.0 Å². The number of nitrogens with zero attached hydrogens (tertiary/aromatic N) is 1. The number of rotatable bonds is 5. The number of hydrogen-bond donors (Lipinski definition) is 2. The van der Waals surface area contributed by atoms with E-state index in [0.717, 1.165) is 25.1 Å². The predicted molar refractivity (Wildman–Crippen MR) is 85.8 cm³/mol. The lowest BCUT2D eigenvalue weighted by atomic mass is 10.0. The topological polar surface area (TPSA) is 61.4 Å². The van der Waals surface area contributed by atoms with Gasteiger partial charge in [0.25, 0.3) is 0 Å². The number of para-hydroxylation sites is 1. The van der Waals surface area contributed by atoms with Crippen molar-refractivity contribution >= 4 is 17.5 Å². The average Bonchev–Trinajstić information content (AvgIpc) is 3.05. The second-order valence-electron chi connectivity index (χ2n) is 6.02. The van der Waals surface area contributed by atoms with Crippen molar-refractivity contribution < 1.29 is 9.59 Å². The van der Waals surface area contributed by atoms with Crippen molar-refractivity contribution in [3.8, 4) is 0 Å². The van der Waals surface area contributed by atoms with Gasteiger partial charge in [-0.15, -0.1) is 0 Å². The molecule has 2 amide bonds. The van der Waals surface area contributed by atoms with Crippen molar-refractivity contribution in [2.75, 3.05) is 24.5 Å². The first-order chi connectivity index (χ1) is 10.7. The molecule has 1 atom stereocenters. The Morgan fingerprint density at radius 3 is 3.00 bits per heavy atom. The highest BCUT2D eigenvalue weighted by Crippen LogP contribution is 2.27. The smallest absolute Gasteiger partial charge is 0.227 e. The third-order valence-corrected chi connectivity index (χ3v) is 4.46. The van der Waals surface area contributed by atoms with Crippen LogP contribution in [0, 0.1) is 0 Å². The normalized spacial score (nSPS) is 20.8. The summed E-state index contributed by atoms with van der Waals surface area (Å²) in [6, 6.07) is 8.36. The van der Waals surface area contributed by atoms with E-state index in [1.807, 2.05) is 18.2 Å². The molecule has 118 valence electrons. The summed E-state index contributed by atoms with van der Waals surface area (Å²) in [6.45, 7) is 2.18. The van der Waals surface area contributed by atoms with Crippen LogP contribution >= 0.6 is 0 Å². The molecule has 2 N–H and O–H groups in total. The summed E-state index contributed by atoms with van der Waals surface area (Å²) in [5, 5.41) is 6.32. The minimum atomic E-state index is 0.0181. The fraction of sp³-hybridized carbons (Fsp3) is 0.529. The molecule has 1 fully saturated rings. The molecule has 5 heteroatoms. The molecule has 2 aliphatic heterocycles. The largest absolute Gasteiger partial charge is 0.354 e. The molecule has 0 aromatic heterocycles. The van der Waals surface area contributed by atoms with Crippen molar-refractivity contribution in [3.05, 3.63) is 29.8 Å². The Labute approximate surface area is 131 Å². The molecule has 2 aliphatic rings. The average molecular weight is 301 g/mol. The summed E-state index contributed by atoms with van der Waals surface area (Å²) in [5.74, 6) is 0.133. The van der Waals surface area contributed by atoms with Gasteiger partial charge in [-0.3, -0.25) is 9.59 Å². The number of amides is 2. The summed E-state index contributed by atoms with van der Waals surface area (Å²) in [5.41, 5.74) is 2.15. The molecular weight excluding hydrogens is 278 g/mol. The zero-order valence-corrected chi connectivity index (χ0v) is 12.8. The maximum Gasteiger partial charge on any atom is 0.227 e. The van der Waals surface area contributed by atoms with Gasteiger partial charge < -0.3 is 15.5 Å². The van der Waals surface area contributed by atoms with E-state index in [9.17, 15) is 9.59 Å². The third-order valence-electron chi connectivity index (χ3n) is 4.46. The van der Waals surface area contributed by atoms with Gasteiger partial charge in [-0.25, -0.2) is 0 Å². The Morgan fingerprint density at radius 2 is 2.18 bits per heavy atom. The van der Waals surface area contributed by atoms with Gasteiger partial charge >= 0.3 is 0 Å². The van der Waals surface area contributed by atoms with E-state index in [2.05, 4.69) is 16.7 Å². The molecule has 1 unspecified atom stereocenters. The summed E-state index contributed by atoms with van der Waals surface area (Å²) in [6.07, 6.45) is 3.99. The fourth-order valence-corrected chi connectivity index (χ4v) is 3.21. The highest BCUT2D eigenvalue weighted by atomic mass is 16.2. The molecule has 0 bridgehead atoms.